The molecule has 0 saturated carbocycles. The van der Waals surface area contributed by atoms with Crippen LogP contribution >= 0.6 is 0 Å². The molecule has 2 nitrogen and oxygen atoms in total. The Balaban J connectivity index is 2.28. The zero-order valence-electron chi connectivity index (χ0n) is 6.62. The van der Waals surface area contributed by atoms with E-state index in [2.05, 4.69) is 0 Å². The molecule has 0 aliphatic carbocycles. The Morgan fingerprint density at radius 3 is 2.64 bits per heavy atom. The second-order valence-electron chi connectivity index (χ2n) is 2.07. The van der Waals surface area contributed by atoms with Crippen LogP contribution in [0.3, 0.4) is 0 Å². The van der Waals surface area contributed by atoms with Crippen LogP contribution in [0.1, 0.15) is 6.92 Å². The normalized spacial score (nSPS) is 9.18. The smallest absolute Gasteiger partial charge is 0.506 e. The van der Waals surface area contributed by atoms with Crippen LogP contribution < -0.4 is 4.65 Å². The minimum atomic E-state index is 0.334. The summed E-state index contributed by atoms with van der Waals surface area (Å²) in [5, 5.41) is 0. The molecule has 0 aliphatic heterocycles. The van der Waals surface area contributed by atoms with Gasteiger partial charge in [-0.15, -0.1) is 0 Å². The maximum absolute atomic E-state index is 5.22. The Hall–Kier alpha value is -0.955. The molecule has 0 spiro atoms. The zero-order chi connectivity index (χ0) is 7.94. The van der Waals surface area contributed by atoms with E-state index in [-0.39, 0.29) is 0 Å². The van der Waals surface area contributed by atoms with Gasteiger partial charge in [0.1, 0.15) is 5.75 Å². The van der Waals surface area contributed by atoms with E-state index in [1.807, 2.05) is 37.3 Å². The molecule has 1 rings (SSSR count). The summed E-state index contributed by atoms with van der Waals surface area (Å²) in [7, 11) is 0.334. The Kier molecular flexibility index (Phi) is 3.55. The van der Waals surface area contributed by atoms with E-state index < -0.39 is 0 Å². The van der Waals surface area contributed by atoms with Crippen LogP contribution in [0, 0.1) is 0 Å². The summed E-state index contributed by atoms with van der Waals surface area (Å²) < 4.78 is 10.2. The van der Waals surface area contributed by atoms with Gasteiger partial charge >= 0.3 is 7.69 Å². The average molecular weight is 150 g/mol. The molecule has 0 fully saturated rings. The van der Waals surface area contributed by atoms with E-state index >= 15 is 0 Å². The van der Waals surface area contributed by atoms with Gasteiger partial charge < -0.3 is 9.31 Å². The van der Waals surface area contributed by atoms with Gasteiger partial charge in [0.25, 0.3) is 0 Å². The molecule has 1 aromatic rings. The van der Waals surface area contributed by atoms with Gasteiger partial charge in [-0.3, -0.25) is 0 Å². The van der Waals surface area contributed by atoms with E-state index in [1.54, 1.807) is 0 Å². The predicted octanol–water partition coefficient (Wildman–Crippen LogP) is 1.37. The third-order valence-electron chi connectivity index (χ3n) is 1.26. The van der Waals surface area contributed by atoms with E-state index in [1.165, 1.54) is 0 Å². The second kappa shape index (κ2) is 4.80. The van der Waals surface area contributed by atoms with Crippen LogP contribution in [0.5, 0.6) is 5.75 Å². The molecule has 3 heteroatoms. The van der Waals surface area contributed by atoms with Crippen molar-refractivity contribution in [3.8, 4) is 5.75 Å². The first-order valence-corrected chi connectivity index (χ1v) is 3.69. The Bertz CT molecular complexity index is 189. The van der Waals surface area contributed by atoms with Gasteiger partial charge in [0.05, 0.1) is 0 Å². The van der Waals surface area contributed by atoms with Crippen molar-refractivity contribution in [3.63, 3.8) is 0 Å². The van der Waals surface area contributed by atoms with Crippen molar-refractivity contribution in [2.75, 3.05) is 6.61 Å². The fourth-order valence-electron chi connectivity index (χ4n) is 0.710. The quantitative estimate of drug-likeness (QED) is 0.476. The van der Waals surface area contributed by atoms with Crippen molar-refractivity contribution >= 4 is 7.69 Å². The highest BCUT2D eigenvalue weighted by Crippen LogP contribution is 2.06. The Morgan fingerprint density at radius 1 is 1.27 bits per heavy atom. The third-order valence-corrected chi connectivity index (χ3v) is 1.26. The Morgan fingerprint density at radius 2 is 2.00 bits per heavy atom. The largest absolute Gasteiger partial charge is 0.539 e. The molecular formula is C8H11BO2. The highest BCUT2D eigenvalue weighted by molar-refractivity contribution is 6.19. The summed E-state index contributed by atoms with van der Waals surface area (Å²) in [4.78, 5) is 0. The summed E-state index contributed by atoms with van der Waals surface area (Å²) in [6, 6.07) is 9.62. The number of hydrogen-bond acceptors (Lipinski definition) is 2. The fraction of sp³-hybridized carbons (Fsp3) is 0.250. The first-order valence-electron chi connectivity index (χ1n) is 3.69. The summed E-state index contributed by atoms with van der Waals surface area (Å²) in [5.41, 5.74) is 0. The molecule has 1 aromatic carbocycles. The molecule has 0 saturated heterocycles. The second-order valence-corrected chi connectivity index (χ2v) is 2.07. The lowest BCUT2D eigenvalue weighted by molar-refractivity contribution is 0.308. The maximum atomic E-state index is 5.22. The van der Waals surface area contributed by atoms with Crippen LogP contribution in [0.2, 0.25) is 0 Å². The molecule has 0 heterocycles. The molecule has 0 unspecified atom stereocenters. The van der Waals surface area contributed by atoms with Gasteiger partial charge in [0.15, 0.2) is 0 Å². The monoisotopic (exact) mass is 150 g/mol. The van der Waals surface area contributed by atoms with E-state index in [0.29, 0.717) is 14.3 Å². The number of hydrogen-bond donors (Lipinski definition) is 0. The van der Waals surface area contributed by atoms with Gasteiger partial charge in [0, 0.05) is 6.61 Å². The van der Waals surface area contributed by atoms with Crippen molar-refractivity contribution in [2.45, 2.75) is 6.92 Å². The molecule has 11 heavy (non-hydrogen) atoms. The van der Waals surface area contributed by atoms with Crippen molar-refractivity contribution in [1.29, 1.82) is 0 Å². The van der Waals surface area contributed by atoms with Crippen molar-refractivity contribution < 1.29 is 9.31 Å². The standard InChI is InChI=1S/C8H11BO2/c1-2-10-9-11-8-6-4-3-5-7-8/h3-7,9H,2H2,1H3. The fourth-order valence-corrected chi connectivity index (χ4v) is 0.710. The van der Waals surface area contributed by atoms with Crippen LogP contribution in [0.25, 0.3) is 0 Å². The topological polar surface area (TPSA) is 18.5 Å². The van der Waals surface area contributed by atoms with Gasteiger partial charge in [-0.2, -0.15) is 0 Å². The van der Waals surface area contributed by atoms with E-state index in [9.17, 15) is 0 Å². The SMILES string of the molecule is CCOBOc1ccccc1. The molecule has 0 atom stereocenters. The average Bonchev–Trinajstić information content (AvgIpc) is 2.07. The molecule has 0 radical (unpaired) electrons. The lowest BCUT2D eigenvalue weighted by Crippen LogP contribution is -2.06. The number of benzene rings is 1. The highest BCUT2D eigenvalue weighted by atomic mass is 16.6. The first kappa shape index (κ1) is 8.14. The van der Waals surface area contributed by atoms with Gasteiger partial charge in [-0.1, -0.05) is 18.2 Å². The lowest BCUT2D eigenvalue weighted by atomic mass is 10.3. The van der Waals surface area contributed by atoms with Crippen molar-refractivity contribution in [2.24, 2.45) is 0 Å². The van der Waals surface area contributed by atoms with Gasteiger partial charge in [0.2, 0.25) is 0 Å². The number of para-hydroxylation sites is 1. The van der Waals surface area contributed by atoms with Crippen LogP contribution in [0.4, 0.5) is 0 Å². The minimum absolute atomic E-state index is 0.334. The predicted molar refractivity (Wildman–Crippen MR) is 45.8 cm³/mol. The van der Waals surface area contributed by atoms with Gasteiger partial charge in [-0.05, 0) is 19.1 Å². The van der Waals surface area contributed by atoms with Crippen LogP contribution in [0.15, 0.2) is 30.3 Å². The summed E-state index contributed by atoms with van der Waals surface area (Å²) in [6.45, 7) is 2.63. The van der Waals surface area contributed by atoms with E-state index in [0.717, 1.165) is 5.75 Å². The van der Waals surface area contributed by atoms with Crippen molar-refractivity contribution in [3.05, 3.63) is 30.3 Å². The van der Waals surface area contributed by atoms with E-state index in [4.69, 9.17) is 9.31 Å². The lowest BCUT2D eigenvalue weighted by Gasteiger charge is -2.02. The minimum Gasteiger partial charge on any atom is -0.539 e. The molecular weight excluding hydrogens is 139 g/mol. The molecule has 0 N–H and O–H groups in total. The summed E-state index contributed by atoms with van der Waals surface area (Å²) in [6.07, 6.45) is 0. The van der Waals surface area contributed by atoms with Gasteiger partial charge in [-0.25, -0.2) is 0 Å². The van der Waals surface area contributed by atoms with Crippen LogP contribution in [-0.4, -0.2) is 14.3 Å². The summed E-state index contributed by atoms with van der Waals surface area (Å²) in [5.74, 6) is 0.848. The zero-order valence-corrected chi connectivity index (χ0v) is 6.62. The number of rotatable bonds is 4. The maximum Gasteiger partial charge on any atom is 0.506 e. The molecule has 0 aromatic heterocycles. The first-order chi connectivity index (χ1) is 5.43. The molecule has 58 valence electrons. The highest BCUT2D eigenvalue weighted by Gasteiger charge is 1.92. The van der Waals surface area contributed by atoms with Crippen LogP contribution in [-0.2, 0) is 4.65 Å². The summed E-state index contributed by atoms with van der Waals surface area (Å²) >= 11 is 0. The third kappa shape index (κ3) is 3.09. The molecule has 0 aliphatic rings. The molecule has 0 amide bonds. The Labute approximate surface area is 67.4 Å². The molecule has 0 bridgehead atoms. The van der Waals surface area contributed by atoms with Crippen molar-refractivity contribution in [1.82, 2.24) is 0 Å².